The Balaban J connectivity index is 1.96. The number of rotatable bonds is 4. The van der Waals surface area contributed by atoms with Crippen LogP contribution in [0.1, 0.15) is 5.56 Å². The van der Waals surface area contributed by atoms with E-state index >= 15 is 0 Å². The minimum absolute atomic E-state index is 0.161. The molecule has 118 valence electrons. The summed E-state index contributed by atoms with van der Waals surface area (Å²) in [5.74, 6) is 1.06. The number of fused-ring (bicyclic) bond motifs is 1. The molecule has 3 aromatic rings. The molecule has 23 heavy (non-hydrogen) atoms. The second-order valence-corrected chi connectivity index (χ2v) is 5.66. The predicted molar refractivity (Wildman–Crippen MR) is 89.8 cm³/mol. The van der Waals surface area contributed by atoms with E-state index in [1.165, 1.54) is 6.07 Å². The van der Waals surface area contributed by atoms with Crippen LogP contribution in [0.15, 0.2) is 51.7 Å². The molecule has 0 atom stereocenters. The van der Waals surface area contributed by atoms with Crippen LogP contribution in [0, 0.1) is 0 Å². The van der Waals surface area contributed by atoms with E-state index in [1.54, 1.807) is 37.4 Å². The summed E-state index contributed by atoms with van der Waals surface area (Å²) in [6.07, 6.45) is 0. The first kappa shape index (κ1) is 15.7. The molecule has 0 aliphatic heterocycles. The maximum absolute atomic E-state index is 11.7. The van der Waals surface area contributed by atoms with Crippen LogP contribution in [0.3, 0.4) is 0 Å². The Hall–Kier alpha value is -2.17. The molecular formula is C17H12Cl2O4. The van der Waals surface area contributed by atoms with Gasteiger partial charge >= 0.3 is 5.63 Å². The average Bonchev–Trinajstić information content (AvgIpc) is 2.54. The molecule has 1 aromatic heterocycles. The standard InChI is InChI=1S/C17H12Cl2O4/c1-21-12-3-4-13-10(6-17(20)23-15(13)8-12)9-22-16-7-11(18)2-5-14(16)19/h2-8H,9H2,1H3. The highest BCUT2D eigenvalue weighted by atomic mass is 35.5. The van der Waals surface area contributed by atoms with Crippen molar-refractivity contribution in [3.63, 3.8) is 0 Å². The van der Waals surface area contributed by atoms with Gasteiger partial charge in [0.1, 0.15) is 23.7 Å². The Morgan fingerprint density at radius 3 is 2.70 bits per heavy atom. The molecular weight excluding hydrogens is 339 g/mol. The molecule has 0 saturated carbocycles. The van der Waals surface area contributed by atoms with Crippen LogP contribution >= 0.6 is 23.2 Å². The summed E-state index contributed by atoms with van der Waals surface area (Å²) < 4.78 is 16.0. The van der Waals surface area contributed by atoms with E-state index in [4.69, 9.17) is 37.1 Å². The zero-order valence-electron chi connectivity index (χ0n) is 12.1. The van der Waals surface area contributed by atoms with Crippen molar-refractivity contribution in [3.8, 4) is 11.5 Å². The summed E-state index contributed by atoms with van der Waals surface area (Å²) >= 11 is 12.0. The molecule has 0 unspecified atom stereocenters. The van der Waals surface area contributed by atoms with Crippen molar-refractivity contribution >= 4 is 34.2 Å². The second-order valence-electron chi connectivity index (χ2n) is 4.82. The van der Waals surface area contributed by atoms with Crippen LogP contribution in [-0.4, -0.2) is 7.11 Å². The van der Waals surface area contributed by atoms with Crippen molar-refractivity contribution in [1.82, 2.24) is 0 Å². The fourth-order valence-corrected chi connectivity index (χ4v) is 2.53. The summed E-state index contributed by atoms with van der Waals surface area (Å²) in [5, 5.41) is 1.73. The molecule has 0 N–H and O–H groups in total. The number of benzene rings is 2. The number of hydrogen-bond acceptors (Lipinski definition) is 4. The highest BCUT2D eigenvalue weighted by Crippen LogP contribution is 2.29. The maximum Gasteiger partial charge on any atom is 0.336 e. The second kappa shape index (κ2) is 6.52. The Labute approximate surface area is 142 Å². The smallest absolute Gasteiger partial charge is 0.336 e. The average molecular weight is 351 g/mol. The lowest BCUT2D eigenvalue weighted by Crippen LogP contribution is -2.04. The molecule has 3 rings (SSSR count). The predicted octanol–water partition coefficient (Wildman–Crippen LogP) is 4.69. The molecule has 6 heteroatoms. The zero-order valence-corrected chi connectivity index (χ0v) is 13.6. The van der Waals surface area contributed by atoms with Gasteiger partial charge < -0.3 is 13.9 Å². The Kier molecular flexibility index (Phi) is 4.46. The van der Waals surface area contributed by atoms with Crippen molar-refractivity contribution in [2.75, 3.05) is 7.11 Å². The first-order valence-electron chi connectivity index (χ1n) is 6.75. The quantitative estimate of drug-likeness (QED) is 0.640. The summed E-state index contributed by atoms with van der Waals surface area (Å²) in [6, 6.07) is 11.6. The van der Waals surface area contributed by atoms with Crippen molar-refractivity contribution in [3.05, 3.63) is 68.5 Å². The Morgan fingerprint density at radius 1 is 1.09 bits per heavy atom. The van der Waals surface area contributed by atoms with Crippen LogP contribution in [0.5, 0.6) is 11.5 Å². The van der Waals surface area contributed by atoms with Gasteiger partial charge in [-0.1, -0.05) is 23.2 Å². The fourth-order valence-electron chi connectivity index (χ4n) is 2.20. The van der Waals surface area contributed by atoms with Gasteiger partial charge in [0.25, 0.3) is 0 Å². The van der Waals surface area contributed by atoms with Gasteiger partial charge in [0, 0.05) is 34.2 Å². The molecule has 4 nitrogen and oxygen atoms in total. The van der Waals surface area contributed by atoms with Crippen molar-refractivity contribution < 1.29 is 13.9 Å². The highest BCUT2D eigenvalue weighted by molar-refractivity contribution is 6.34. The van der Waals surface area contributed by atoms with E-state index in [-0.39, 0.29) is 6.61 Å². The number of halogens is 2. The summed E-state index contributed by atoms with van der Waals surface area (Å²) in [7, 11) is 1.55. The molecule has 0 spiro atoms. The number of ether oxygens (including phenoxy) is 2. The maximum atomic E-state index is 11.7. The summed E-state index contributed by atoms with van der Waals surface area (Å²) in [5.41, 5.74) is 0.670. The van der Waals surface area contributed by atoms with Crippen molar-refractivity contribution in [1.29, 1.82) is 0 Å². The zero-order chi connectivity index (χ0) is 16.4. The molecule has 0 aliphatic rings. The van der Waals surface area contributed by atoms with Gasteiger partial charge in [-0.2, -0.15) is 0 Å². The highest BCUT2D eigenvalue weighted by Gasteiger charge is 2.09. The van der Waals surface area contributed by atoms with E-state index in [0.29, 0.717) is 32.7 Å². The molecule has 0 saturated heterocycles. The van der Waals surface area contributed by atoms with Gasteiger partial charge in [0.05, 0.1) is 12.1 Å². The van der Waals surface area contributed by atoms with Crippen molar-refractivity contribution in [2.24, 2.45) is 0 Å². The topological polar surface area (TPSA) is 48.7 Å². The Bertz CT molecular complexity index is 918. The van der Waals surface area contributed by atoms with E-state index in [0.717, 1.165) is 5.39 Å². The van der Waals surface area contributed by atoms with Crippen LogP contribution in [-0.2, 0) is 6.61 Å². The van der Waals surface area contributed by atoms with Gasteiger partial charge in [-0.25, -0.2) is 4.79 Å². The summed E-state index contributed by atoms with van der Waals surface area (Å²) in [6.45, 7) is 0.161. The lowest BCUT2D eigenvalue weighted by Gasteiger charge is -2.10. The third kappa shape index (κ3) is 3.44. The number of methoxy groups -OCH3 is 1. The minimum Gasteiger partial charge on any atom is -0.497 e. The van der Waals surface area contributed by atoms with Gasteiger partial charge in [0.2, 0.25) is 0 Å². The first-order chi connectivity index (χ1) is 11.1. The third-order valence-electron chi connectivity index (χ3n) is 3.31. The lowest BCUT2D eigenvalue weighted by atomic mass is 10.1. The molecule has 0 aliphatic carbocycles. The van der Waals surface area contributed by atoms with Crippen LogP contribution in [0.2, 0.25) is 10.0 Å². The minimum atomic E-state index is -0.457. The summed E-state index contributed by atoms with van der Waals surface area (Å²) in [4.78, 5) is 11.7. The molecule has 0 radical (unpaired) electrons. The van der Waals surface area contributed by atoms with Crippen LogP contribution in [0.25, 0.3) is 11.0 Å². The van der Waals surface area contributed by atoms with Gasteiger partial charge in [-0.15, -0.1) is 0 Å². The van der Waals surface area contributed by atoms with Gasteiger partial charge in [-0.3, -0.25) is 0 Å². The van der Waals surface area contributed by atoms with E-state index in [2.05, 4.69) is 0 Å². The lowest BCUT2D eigenvalue weighted by molar-refractivity contribution is 0.307. The molecule has 0 bridgehead atoms. The molecule has 0 fully saturated rings. The first-order valence-corrected chi connectivity index (χ1v) is 7.51. The molecule has 0 amide bonds. The Morgan fingerprint density at radius 2 is 1.91 bits per heavy atom. The van der Waals surface area contributed by atoms with E-state index < -0.39 is 5.63 Å². The fraction of sp³-hybridized carbons (Fsp3) is 0.118. The largest absolute Gasteiger partial charge is 0.497 e. The molecule has 1 heterocycles. The van der Waals surface area contributed by atoms with E-state index in [1.807, 2.05) is 6.07 Å². The van der Waals surface area contributed by atoms with Crippen LogP contribution < -0.4 is 15.1 Å². The normalized spacial score (nSPS) is 10.7. The van der Waals surface area contributed by atoms with E-state index in [9.17, 15) is 4.79 Å². The van der Waals surface area contributed by atoms with Crippen molar-refractivity contribution in [2.45, 2.75) is 6.61 Å². The number of hydrogen-bond donors (Lipinski definition) is 0. The monoisotopic (exact) mass is 350 g/mol. The third-order valence-corrected chi connectivity index (χ3v) is 3.86. The van der Waals surface area contributed by atoms with Gasteiger partial charge in [0.15, 0.2) is 0 Å². The van der Waals surface area contributed by atoms with Crippen LogP contribution in [0.4, 0.5) is 0 Å². The van der Waals surface area contributed by atoms with Gasteiger partial charge in [-0.05, 0) is 24.3 Å². The molecule has 2 aromatic carbocycles. The SMILES string of the molecule is COc1ccc2c(COc3cc(Cl)ccc3Cl)cc(=O)oc2c1.